The number of nitrogens with zero attached hydrogens (tertiary/aromatic N) is 1. The summed E-state index contributed by atoms with van der Waals surface area (Å²) in [5.74, 6) is 0. The fourth-order valence-corrected chi connectivity index (χ4v) is 1.91. The largest absolute Gasteiger partial charge is 0.396 e. The predicted octanol–water partition coefficient (Wildman–Crippen LogP) is 2.96. The number of aliphatic hydroxyl groups is 1. The molecule has 2 nitrogen and oxygen atoms in total. The minimum atomic E-state index is 0.0579. The van der Waals surface area contributed by atoms with E-state index in [0.717, 1.165) is 16.7 Å². The van der Waals surface area contributed by atoms with Crippen LogP contribution in [-0.4, -0.2) is 11.7 Å². The van der Waals surface area contributed by atoms with Gasteiger partial charge in [-0.25, -0.2) is 0 Å². The Morgan fingerprint density at radius 3 is 2.56 bits per heavy atom. The minimum Gasteiger partial charge on any atom is -0.396 e. The molecule has 0 bridgehead atoms. The van der Waals surface area contributed by atoms with Gasteiger partial charge in [0.25, 0.3) is 0 Å². The van der Waals surface area contributed by atoms with Gasteiger partial charge < -0.3 is 5.11 Å². The summed E-state index contributed by atoms with van der Waals surface area (Å²) >= 11 is 0. The van der Waals surface area contributed by atoms with Crippen LogP contribution in [0.2, 0.25) is 0 Å². The van der Waals surface area contributed by atoms with Gasteiger partial charge in [0.2, 0.25) is 0 Å². The third kappa shape index (κ3) is 2.77. The van der Waals surface area contributed by atoms with E-state index in [4.69, 9.17) is 5.11 Å². The Labute approximate surface area is 107 Å². The third-order valence-corrected chi connectivity index (χ3v) is 2.80. The highest BCUT2D eigenvalue weighted by atomic mass is 16.2. The van der Waals surface area contributed by atoms with Gasteiger partial charge >= 0.3 is 0 Å². The van der Waals surface area contributed by atoms with Crippen molar-refractivity contribution in [3.63, 3.8) is 0 Å². The molecule has 18 heavy (non-hydrogen) atoms. The van der Waals surface area contributed by atoms with E-state index in [2.05, 4.69) is 6.07 Å². The minimum absolute atomic E-state index is 0.0579. The smallest absolute Gasteiger partial charge is 0.0998 e. The second-order valence-electron chi connectivity index (χ2n) is 4.03. The second-order valence-corrected chi connectivity index (χ2v) is 4.03. The normalized spacial score (nSPS) is 10.0. The van der Waals surface area contributed by atoms with Crippen LogP contribution in [0.5, 0.6) is 0 Å². The molecule has 2 aromatic rings. The Kier molecular flexibility index (Phi) is 4.11. The average Bonchev–Trinajstić information content (AvgIpc) is 2.45. The molecule has 0 heterocycles. The van der Waals surface area contributed by atoms with Crippen LogP contribution in [-0.2, 0) is 6.42 Å². The monoisotopic (exact) mass is 236 g/mol. The summed E-state index contributed by atoms with van der Waals surface area (Å²) in [7, 11) is 0. The molecule has 1 N–H and O–H groups in total. The van der Waals surface area contributed by atoms with Crippen molar-refractivity contribution in [2.75, 3.05) is 6.61 Å². The zero-order valence-electron chi connectivity index (χ0n) is 10.0. The first-order chi connectivity index (χ1) is 8.85. The van der Waals surface area contributed by atoms with Crippen LogP contribution in [0.15, 0.2) is 48.5 Å². The van der Waals surface area contributed by atoms with Crippen molar-refractivity contribution in [2.45, 2.75) is 6.42 Å². The van der Waals surface area contributed by atoms with Crippen LogP contribution in [0, 0.1) is 17.8 Å². The SMILES string of the molecule is N#Cc1cc(C[CH]CO)ccc1-c1ccccc1. The van der Waals surface area contributed by atoms with Gasteiger partial charge in [-0.05, 0) is 35.6 Å². The van der Waals surface area contributed by atoms with Gasteiger partial charge in [-0.1, -0.05) is 42.5 Å². The van der Waals surface area contributed by atoms with Gasteiger partial charge in [0.1, 0.15) is 0 Å². The predicted molar refractivity (Wildman–Crippen MR) is 71.7 cm³/mol. The van der Waals surface area contributed by atoms with E-state index in [1.165, 1.54) is 0 Å². The quantitative estimate of drug-likeness (QED) is 0.887. The van der Waals surface area contributed by atoms with E-state index in [-0.39, 0.29) is 6.61 Å². The third-order valence-electron chi connectivity index (χ3n) is 2.80. The number of hydrogen-bond donors (Lipinski definition) is 1. The Morgan fingerprint density at radius 1 is 1.11 bits per heavy atom. The molecule has 2 heteroatoms. The summed E-state index contributed by atoms with van der Waals surface area (Å²) < 4.78 is 0. The molecule has 1 radical (unpaired) electrons. The molecular weight excluding hydrogens is 222 g/mol. The molecule has 2 rings (SSSR count). The lowest BCUT2D eigenvalue weighted by Crippen LogP contribution is -1.93. The first-order valence-electron chi connectivity index (χ1n) is 5.86. The van der Waals surface area contributed by atoms with Crippen LogP contribution < -0.4 is 0 Å². The molecular formula is C16H14NO. The fourth-order valence-electron chi connectivity index (χ4n) is 1.91. The molecule has 0 spiro atoms. The van der Waals surface area contributed by atoms with Gasteiger partial charge in [-0.15, -0.1) is 0 Å². The summed E-state index contributed by atoms with van der Waals surface area (Å²) in [6.45, 7) is 0.0579. The number of hydrogen-bond acceptors (Lipinski definition) is 2. The lowest BCUT2D eigenvalue weighted by atomic mass is 9.97. The molecule has 0 saturated carbocycles. The highest BCUT2D eigenvalue weighted by molar-refractivity contribution is 5.70. The summed E-state index contributed by atoms with van der Waals surface area (Å²) in [4.78, 5) is 0. The van der Waals surface area contributed by atoms with Gasteiger partial charge in [-0.3, -0.25) is 0 Å². The fraction of sp³-hybridized carbons (Fsp3) is 0.125. The van der Waals surface area contributed by atoms with Gasteiger partial charge in [0, 0.05) is 6.61 Å². The van der Waals surface area contributed by atoms with E-state index in [0.29, 0.717) is 12.0 Å². The molecule has 0 amide bonds. The van der Waals surface area contributed by atoms with E-state index in [1.54, 1.807) is 6.42 Å². The first-order valence-corrected chi connectivity index (χ1v) is 5.86. The summed E-state index contributed by atoms with van der Waals surface area (Å²) in [5, 5.41) is 18.0. The maximum absolute atomic E-state index is 9.22. The number of benzene rings is 2. The Morgan fingerprint density at radius 2 is 1.89 bits per heavy atom. The highest BCUT2D eigenvalue weighted by Crippen LogP contribution is 2.24. The topological polar surface area (TPSA) is 44.0 Å². The molecule has 89 valence electrons. The van der Waals surface area contributed by atoms with Gasteiger partial charge in [0.15, 0.2) is 0 Å². The van der Waals surface area contributed by atoms with Crippen LogP contribution in [0.4, 0.5) is 0 Å². The number of aliphatic hydroxyl groups excluding tert-OH is 1. The number of nitriles is 1. The van der Waals surface area contributed by atoms with Crippen molar-refractivity contribution in [3.05, 3.63) is 66.1 Å². The summed E-state index contributed by atoms with van der Waals surface area (Å²) in [5.41, 5.74) is 3.71. The van der Waals surface area contributed by atoms with E-state index < -0.39 is 0 Å². The molecule has 0 atom stereocenters. The lowest BCUT2D eigenvalue weighted by molar-refractivity contribution is 0.325. The average molecular weight is 236 g/mol. The van der Waals surface area contributed by atoms with Crippen molar-refractivity contribution in [3.8, 4) is 17.2 Å². The van der Waals surface area contributed by atoms with Crippen molar-refractivity contribution in [1.29, 1.82) is 5.26 Å². The molecule has 0 aliphatic carbocycles. The first kappa shape index (κ1) is 12.3. The second kappa shape index (κ2) is 6.00. The molecule has 0 aromatic heterocycles. The molecule has 0 aliphatic heterocycles. The molecule has 0 aliphatic rings. The Hall–Kier alpha value is -2.11. The van der Waals surface area contributed by atoms with Crippen LogP contribution in [0.3, 0.4) is 0 Å². The van der Waals surface area contributed by atoms with Crippen molar-refractivity contribution in [2.24, 2.45) is 0 Å². The zero-order valence-corrected chi connectivity index (χ0v) is 10.0. The lowest BCUT2D eigenvalue weighted by Gasteiger charge is -2.06. The van der Waals surface area contributed by atoms with Crippen LogP contribution >= 0.6 is 0 Å². The van der Waals surface area contributed by atoms with Gasteiger partial charge in [-0.2, -0.15) is 5.26 Å². The maximum atomic E-state index is 9.22. The van der Waals surface area contributed by atoms with Crippen LogP contribution in [0.25, 0.3) is 11.1 Å². The Bertz CT molecular complexity index is 555. The Balaban J connectivity index is 2.36. The van der Waals surface area contributed by atoms with Crippen molar-refractivity contribution < 1.29 is 5.11 Å². The standard InChI is InChI=1S/C16H14NO/c17-12-15-11-13(5-4-10-18)8-9-16(15)14-6-2-1-3-7-14/h1-4,6-9,11,18H,5,10H2. The summed E-state index contributed by atoms with van der Waals surface area (Å²) in [6, 6.07) is 18.0. The molecule has 0 fully saturated rings. The van der Waals surface area contributed by atoms with Crippen molar-refractivity contribution in [1.82, 2.24) is 0 Å². The highest BCUT2D eigenvalue weighted by Gasteiger charge is 2.05. The van der Waals surface area contributed by atoms with Crippen LogP contribution in [0.1, 0.15) is 11.1 Å². The molecule has 2 aromatic carbocycles. The van der Waals surface area contributed by atoms with E-state index in [9.17, 15) is 5.26 Å². The van der Waals surface area contributed by atoms with Gasteiger partial charge in [0.05, 0.1) is 11.6 Å². The zero-order chi connectivity index (χ0) is 12.8. The van der Waals surface area contributed by atoms with E-state index in [1.807, 2.05) is 48.5 Å². The molecule has 0 saturated heterocycles. The van der Waals surface area contributed by atoms with E-state index >= 15 is 0 Å². The number of rotatable bonds is 4. The molecule has 0 unspecified atom stereocenters. The van der Waals surface area contributed by atoms with Crippen molar-refractivity contribution >= 4 is 0 Å². The maximum Gasteiger partial charge on any atom is 0.0998 e. The summed E-state index contributed by atoms with van der Waals surface area (Å²) in [6.07, 6.45) is 2.46.